The van der Waals surface area contributed by atoms with Crippen LogP contribution in [0.2, 0.25) is 0 Å². The van der Waals surface area contributed by atoms with Gasteiger partial charge in [-0.05, 0) is 0 Å². The molecule has 0 aromatic heterocycles. The summed E-state index contributed by atoms with van der Waals surface area (Å²) in [4.78, 5) is 10.2. The molecule has 9 heavy (non-hydrogen) atoms. The van der Waals surface area contributed by atoms with Crippen molar-refractivity contribution in [3.05, 3.63) is 6.92 Å². The van der Waals surface area contributed by atoms with E-state index in [1.807, 2.05) is 0 Å². The summed E-state index contributed by atoms with van der Waals surface area (Å²) >= 11 is 4.25. The van der Waals surface area contributed by atoms with E-state index in [-0.39, 0.29) is 11.9 Å². The van der Waals surface area contributed by atoms with Crippen molar-refractivity contribution in [1.82, 2.24) is 0 Å². The average molecular weight is 246 g/mol. The molecule has 0 N–H and O–H groups in total. The summed E-state index contributed by atoms with van der Waals surface area (Å²) in [5.74, 6) is -0.509. The Bertz CT molecular complexity index is 75.4. The first-order chi connectivity index (χ1) is 4.18. The van der Waals surface area contributed by atoms with E-state index in [1.54, 1.807) is 6.92 Å². The number of rotatable bonds is 1. The Labute approximate surface area is 72.4 Å². The molecule has 50 valence electrons. The number of carbonyl (C=O) groups excluding carboxylic acids is 1. The second-order valence-corrected chi connectivity index (χ2v) is 1.42. The van der Waals surface area contributed by atoms with Crippen molar-refractivity contribution in [3.8, 4) is 0 Å². The van der Waals surface area contributed by atoms with Gasteiger partial charge < -0.3 is 11.7 Å². The van der Waals surface area contributed by atoms with Crippen LogP contribution in [0.25, 0.3) is 0 Å². The fourth-order valence-electron chi connectivity index (χ4n) is 0.201. The summed E-state index contributed by atoms with van der Waals surface area (Å²) in [7, 11) is 1.35. The molecule has 2 nitrogen and oxygen atoms in total. The van der Waals surface area contributed by atoms with Gasteiger partial charge in [0.1, 0.15) is 0 Å². The maximum atomic E-state index is 10.2. The summed E-state index contributed by atoms with van der Waals surface area (Å²) in [6, 6.07) is 0. The average Bonchev–Trinajstić information content (AvgIpc) is 1.91. The molecule has 0 aliphatic rings. The Kier molecular flexibility index (Phi) is 11.7. The Balaban J connectivity index is 0. The summed E-state index contributed by atoms with van der Waals surface area (Å²) in [6.45, 7) is 5.12. The van der Waals surface area contributed by atoms with E-state index in [0.717, 1.165) is 0 Å². The normalized spacial score (nSPS) is 10.9. The van der Waals surface area contributed by atoms with Gasteiger partial charge in [0.05, 0.1) is 7.11 Å². The molecule has 0 bridgehead atoms. The molecule has 0 unspecified atom stereocenters. The fourth-order valence-corrected chi connectivity index (χ4v) is 0.201. The molecule has 0 aliphatic heterocycles. The third kappa shape index (κ3) is 8.57. The van der Waals surface area contributed by atoms with E-state index in [1.165, 1.54) is 23.5 Å². The third-order valence-electron chi connectivity index (χ3n) is 0.604. The Morgan fingerprint density at radius 2 is 2.11 bits per heavy atom. The van der Waals surface area contributed by atoms with E-state index >= 15 is 0 Å². The number of ether oxygens (including phenoxy) is 1. The van der Waals surface area contributed by atoms with Crippen molar-refractivity contribution in [1.29, 1.82) is 0 Å². The first-order valence-electron chi connectivity index (χ1n) is 2.36. The number of hydrogen-bond acceptors (Lipinski definition) is 2. The van der Waals surface area contributed by atoms with Crippen molar-refractivity contribution in [2.45, 2.75) is 6.92 Å². The first-order valence-corrected chi connectivity index (χ1v) is 9.31. The van der Waals surface area contributed by atoms with Gasteiger partial charge >= 0.3 is 30.0 Å². The molecule has 0 radical (unpaired) electrons. The van der Waals surface area contributed by atoms with Crippen LogP contribution in [0.1, 0.15) is 6.92 Å². The van der Waals surface area contributed by atoms with Crippen LogP contribution in [0, 0.1) is 12.8 Å². The molecule has 0 aromatic carbocycles. The van der Waals surface area contributed by atoms with Crippen LogP contribution in [0.4, 0.5) is 0 Å². The van der Waals surface area contributed by atoms with Gasteiger partial charge in [0.25, 0.3) is 5.97 Å². The first kappa shape index (κ1) is 12.3. The second kappa shape index (κ2) is 8.57. The molecule has 0 amide bonds. The fraction of sp³-hybridized carbons (Fsp3) is 0.600. The second-order valence-electron chi connectivity index (χ2n) is 1.42. The zero-order valence-corrected chi connectivity index (χ0v) is 10.2. The number of esters is 1. The van der Waals surface area contributed by atoms with Crippen LogP contribution >= 0.6 is 13.6 Å². The van der Waals surface area contributed by atoms with Crippen LogP contribution in [0.5, 0.6) is 0 Å². The van der Waals surface area contributed by atoms with E-state index < -0.39 is 0 Å². The molecule has 0 spiro atoms. The number of methoxy groups -OCH3 is 1. The van der Waals surface area contributed by atoms with Crippen LogP contribution in [-0.4, -0.2) is 13.1 Å². The van der Waals surface area contributed by atoms with E-state index in [9.17, 15) is 4.79 Å². The van der Waals surface area contributed by atoms with Crippen molar-refractivity contribution >= 4 is 19.6 Å². The van der Waals surface area contributed by atoms with Crippen LogP contribution in [-0.2, 0) is 25.9 Å². The summed E-state index contributed by atoms with van der Waals surface area (Å²) in [5.41, 5.74) is 0. The maximum absolute atomic E-state index is 10.2. The van der Waals surface area contributed by atoms with E-state index in [0.29, 0.717) is 0 Å². The molecule has 0 saturated heterocycles. The van der Waals surface area contributed by atoms with Crippen LogP contribution in [0.3, 0.4) is 0 Å². The minimum absolute atomic E-state index is 0.245. The van der Waals surface area contributed by atoms with Gasteiger partial charge in [0, 0.05) is 0 Å². The molecule has 0 aromatic rings. The van der Waals surface area contributed by atoms with Gasteiger partial charge in [-0.1, -0.05) is 12.8 Å². The molecule has 4 heteroatoms. The monoisotopic (exact) mass is 244 g/mol. The van der Waals surface area contributed by atoms with Gasteiger partial charge in [-0.15, -0.1) is 0 Å². The minimum atomic E-state index is -0.264. The van der Waals surface area contributed by atoms with Crippen LogP contribution in [0.15, 0.2) is 0 Å². The van der Waals surface area contributed by atoms with Gasteiger partial charge in [-0.3, -0.25) is 4.79 Å². The standard InChI is InChI=1S/C5H9O2.BrH.Zn/c1-4(2)5(6)7-3;;/h4H,1H2,2-3H3;1H;/q-1;;+2/p-1/t4-;;/m0../s1. The molecule has 0 heterocycles. The zero-order valence-electron chi connectivity index (χ0n) is 5.69. The Hall–Kier alpha value is 0.573. The van der Waals surface area contributed by atoms with Gasteiger partial charge in [-0.2, -0.15) is 0 Å². The quantitative estimate of drug-likeness (QED) is 0.398. The van der Waals surface area contributed by atoms with Gasteiger partial charge in [0.15, 0.2) is 0 Å². The predicted molar refractivity (Wildman–Crippen MR) is 35.5 cm³/mol. The summed E-state index contributed by atoms with van der Waals surface area (Å²) < 4.78 is 4.31. The topological polar surface area (TPSA) is 26.3 Å². The van der Waals surface area contributed by atoms with Crippen molar-refractivity contribution in [3.63, 3.8) is 0 Å². The Morgan fingerprint density at radius 3 is 2.11 bits per heavy atom. The SMILES string of the molecule is [CH2-][C@@H](C)C(=O)OC.[Zn+][Br]. The molecular formula is C5H9BrO2Zn. The number of hydrogen-bond donors (Lipinski definition) is 0. The zero-order chi connectivity index (χ0) is 7.86. The van der Waals surface area contributed by atoms with E-state index in [4.69, 9.17) is 0 Å². The molecule has 0 saturated carbocycles. The van der Waals surface area contributed by atoms with Gasteiger partial charge in [-0.25, -0.2) is 0 Å². The van der Waals surface area contributed by atoms with Crippen molar-refractivity contribution in [2.24, 2.45) is 5.92 Å². The van der Waals surface area contributed by atoms with Gasteiger partial charge in [0.2, 0.25) is 0 Å². The van der Waals surface area contributed by atoms with Crippen LogP contribution < -0.4 is 0 Å². The summed E-state index contributed by atoms with van der Waals surface area (Å²) in [6.07, 6.45) is 0. The van der Waals surface area contributed by atoms with Crippen molar-refractivity contribution in [2.75, 3.05) is 7.11 Å². The summed E-state index contributed by atoms with van der Waals surface area (Å²) in [5, 5.41) is 0. The Morgan fingerprint density at radius 1 is 1.78 bits per heavy atom. The predicted octanol–water partition coefficient (Wildman–Crippen LogP) is 1.47. The van der Waals surface area contributed by atoms with E-state index in [2.05, 4.69) is 25.3 Å². The number of carbonyl (C=O) groups is 1. The molecule has 0 fully saturated rings. The molecule has 0 rings (SSSR count). The molecule has 0 aliphatic carbocycles. The van der Waals surface area contributed by atoms with Crippen molar-refractivity contribution < 1.29 is 25.9 Å². The number of halogens is 1. The molecule has 1 atom stereocenters. The molecular weight excluding hydrogens is 237 g/mol. The third-order valence-corrected chi connectivity index (χ3v) is 0.604.